The average molecular weight is 214 g/mol. The summed E-state index contributed by atoms with van der Waals surface area (Å²) in [4.78, 5) is 10.7. The van der Waals surface area contributed by atoms with E-state index in [2.05, 4.69) is 6.92 Å². The van der Waals surface area contributed by atoms with E-state index in [1.165, 1.54) is 38.5 Å². The quantitative estimate of drug-likeness (QED) is 0.552. The predicted octanol–water partition coefficient (Wildman–Crippen LogP) is 4.24. The molecule has 0 unspecified atom stereocenters. The summed E-state index contributed by atoms with van der Waals surface area (Å²) in [6.45, 7) is 4.18. The highest BCUT2D eigenvalue weighted by Crippen LogP contribution is 2.15. The van der Waals surface area contributed by atoms with E-state index in [9.17, 15) is 4.79 Å². The number of aliphatic carboxylic acids is 1. The van der Waals surface area contributed by atoms with E-state index in [0.29, 0.717) is 0 Å². The Morgan fingerprint density at radius 1 is 1.00 bits per heavy atom. The third-order valence-corrected chi connectivity index (χ3v) is 3.00. The maximum Gasteiger partial charge on any atom is 0.306 e. The third kappa shape index (κ3) is 8.46. The fourth-order valence-electron chi connectivity index (χ4n) is 1.85. The number of hydrogen-bond donors (Lipinski definition) is 1. The first kappa shape index (κ1) is 14.5. The lowest BCUT2D eigenvalue weighted by Crippen LogP contribution is -2.12. The first-order valence-electron chi connectivity index (χ1n) is 6.45. The molecule has 15 heavy (non-hydrogen) atoms. The molecule has 0 fully saturated rings. The Balaban J connectivity index is 3.25. The first-order valence-corrected chi connectivity index (χ1v) is 6.45. The summed E-state index contributed by atoms with van der Waals surface area (Å²) in [7, 11) is 0. The van der Waals surface area contributed by atoms with Gasteiger partial charge in [0, 0.05) is 0 Å². The molecular weight excluding hydrogens is 188 g/mol. The average Bonchev–Trinajstić information content (AvgIpc) is 2.21. The fourth-order valence-corrected chi connectivity index (χ4v) is 1.85. The summed E-state index contributed by atoms with van der Waals surface area (Å²) in [6.07, 6.45) is 10.5. The van der Waals surface area contributed by atoms with Crippen LogP contribution in [0.5, 0.6) is 0 Å². The minimum Gasteiger partial charge on any atom is -0.481 e. The molecular formula is C13H26O2. The Kier molecular flexibility index (Phi) is 9.65. The normalized spacial score (nSPS) is 12.7. The van der Waals surface area contributed by atoms with Crippen LogP contribution in [0.15, 0.2) is 0 Å². The molecule has 0 aromatic carbocycles. The number of hydrogen-bond acceptors (Lipinski definition) is 1. The minimum atomic E-state index is -0.622. The van der Waals surface area contributed by atoms with Crippen molar-refractivity contribution >= 4 is 5.97 Å². The Labute approximate surface area is 94.1 Å². The zero-order chi connectivity index (χ0) is 11.5. The molecule has 0 bridgehead atoms. The van der Waals surface area contributed by atoms with Gasteiger partial charge in [0.2, 0.25) is 0 Å². The van der Waals surface area contributed by atoms with Crippen molar-refractivity contribution in [2.24, 2.45) is 5.92 Å². The molecule has 0 saturated heterocycles. The molecule has 0 aromatic heterocycles. The maximum atomic E-state index is 10.7. The van der Waals surface area contributed by atoms with Gasteiger partial charge >= 0.3 is 5.97 Å². The van der Waals surface area contributed by atoms with E-state index in [1.54, 1.807) is 0 Å². The summed E-state index contributed by atoms with van der Waals surface area (Å²) in [6, 6.07) is 0. The smallest absolute Gasteiger partial charge is 0.306 e. The summed E-state index contributed by atoms with van der Waals surface area (Å²) in [5.74, 6) is -0.732. The highest BCUT2D eigenvalue weighted by Gasteiger charge is 2.13. The van der Waals surface area contributed by atoms with Crippen LogP contribution >= 0.6 is 0 Å². The van der Waals surface area contributed by atoms with Crippen molar-refractivity contribution in [1.29, 1.82) is 0 Å². The van der Waals surface area contributed by atoms with E-state index >= 15 is 0 Å². The lowest BCUT2D eigenvalue weighted by molar-refractivity contribution is -0.142. The molecule has 0 aliphatic heterocycles. The largest absolute Gasteiger partial charge is 0.481 e. The number of rotatable bonds is 10. The molecule has 2 nitrogen and oxygen atoms in total. The Morgan fingerprint density at radius 3 is 2.00 bits per heavy atom. The molecule has 0 rings (SSSR count). The number of carbonyl (C=O) groups is 1. The van der Waals surface area contributed by atoms with Crippen LogP contribution in [0.25, 0.3) is 0 Å². The van der Waals surface area contributed by atoms with Gasteiger partial charge in [-0.3, -0.25) is 4.79 Å². The zero-order valence-electron chi connectivity index (χ0n) is 10.3. The van der Waals surface area contributed by atoms with Crippen LogP contribution in [-0.4, -0.2) is 11.1 Å². The van der Waals surface area contributed by atoms with Crippen molar-refractivity contribution in [2.45, 2.75) is 71.6 Å². The van der Waals surface area contributed by atoms with Crippen molar-refractivity contribution in [3.8, 4) is 0 Å². The van der Waals surface area contributed by atoms with E-state index in [0.717, 1.165) is 19.3 Å². The van der Waals surface area contributed by atoms with Crippen LogP contribution in [0, 0.1) is 5.92 Å². The maximum absolute atomic E-state index is 10.7. The molecule has 0 saturated carbocycles. The van der Waals surface area contributed by atoms with Gasteiger partial charge in [0.05, 0.1) is 5.92 Å². The van der Waals surface area contributed by atoms with Crippen molar-refractivity contribution in [3.05, 3.63) is 0 Å². The predicted molar refractivity (Wildman–Crippen MR) is 64.0 cm³/mol. The minimum absolute atomic E-state index is 0.111. The second-order valence-electron chi connectivity index (χ2n) is 4.35. The lowest BCUT2D eigenvalue weighted by Gasteiger charge is -2.08. The monoisotopic (exact) mass is 214 g/mol. The number of carboxylic acid groups (broad SMARTS) is 1. The lowest BCUT2D eigenvalue weighted by atomic mass is 9.98. The fraction of sp³-hybridized carbons (Fsp3) is 0.923. The second kappa shape index (κ2) is 10.0. The molecule has 0 spiro atoms. The summed E-state index contributed by atoms with van der Waals surface area (Å²) in [5, 5.41) is 8.85. The zero-order valence-corrected chi connectivity index (χ0v) is 10.3. The van der Waals surface area contributed by atoms with E-state index in [4.69, 9.17) is 5.11 Å². The van der Waals surface area contributed by atoms with E-state index < -0.39 is 5.97 Å². The molecule has 0 aromatic rings. The van der Waals surface area contributed by atoms with E-state index in [1.807, 2.05) is 6.92 Å². The summed E-state index contributed by atoms with van der Waals surface area (Å²) in [5.41, 5.74) is 0. The van der Waals surface area contributed by atoms with Crippen LogP contribution in [0.1, 0.15) is 71.6 Å². The molecule has 1 N–H and O–H groups in total. The van der Waals surface area contributed by atoms with Crippen molar-refractivity contribution in [1.82, 2.24) is 0 Å². The highest BCUT2D eigenvalue weighted by atomic mass is 16.4. The Morgan fingerprint density at radius 2 is 1.53 bits per heavy atom. The standard InChI is InChI=1S/C13H26O2/c1-3-5-6-7-8-9-10-11-12(4-2)13(14)15/h12H,3-11H2,1-2H3,(H,14,15)/t12-/m0/s1. The molecule has 0 aliphatic rings. The van der Waals surface area contributed by atoms with Gasteiger partial charge in [0.25, 0.3) is 0 Å². The number of carboxylic acids is 1. The molecule has 2 heteroatoms. The molecule has 90 valence electrons. The topological polar surface area (TPSA) is 37.3 Å². The number of unbranched alkanes of at least 4 members (excludes halogenated alkanes) is 6. The Hall–Kier alpha value is -0.530. The third-order valence-electron chi connectivity index (χ3n) is 3.00. The van der Waals surface area contributed by atoms with E-state index in [-0.39, 0.29) is 5.92 Å². The summed E-state index contributed by atoms with van der Waals surface area (Å²) >= 11 is 0. The molecule has 1 atom stereocenters. The van der Waals surface area contributed by atoms with Crippen molar-refractivity contribution in [3.63, 3.8) is 0 Å². The highest BCUT2D eigenvalue weighted by molar-refractivity contribution is 5.69. The first-order chi connectivity index (χ1) is 7.22. The van der Waals surface area contributed by atoms with Gasteiger partial charge in [-0.1, -0.05) is 58.8 Å². The molecule has 0 heterocycles. The molecule has 0 aliphatic carbocycles. The van der Waals surface area contributed by atoms with Gasteiger partial charge in [-0.15, -0.1) is 0 Å². The Bertz CT molecular complexity index is 155. The summed E-state index contributed by atoms with van der Waals surface area (Å²) < 4.78 is 0. The van der Waals surface area contributed by atoms with Crippen LogP contribution < -0.4 is 0 Å². The SMILES string of the molecule is CCCCCCCCC[C@H](CC)C(=O)O. The van der Waals surface area contributed by atoms with Gasteiger partial charge in [0.15, 0.2) is 0 Å². The second-order valence-corrected chi connectivity index (χ2v) is 4.35. The van der Waals surface area contributed by atoms with Gasteiger partial charge in [-0.05, 0) is 12.8 Å². The van der Waals surface area contributed by atoms with Crippen LogP contribution in [0.3, 0.4) is 0 Å². The van der Waals surface area contributed by atoms with Gasteiger partial charge in [0.1, 0.15) is 0 Å². The van der Waals surface area contributed by atoms with Crippen LogP contribution in [0.4, 0.5) is 0 Å². The van der Waals surface area contributed by atoms with Crippen molar-refractivity contribution in [2.75, 3.05) is 0 Å². The van der Waals surface area contributed by atoms with Gasteiger partial charge in [-0.25, -0.2) is 0 Å². The van der Waals surface area contributed by atoms with Crippen molar-refractivity contribution < 1.29 is 9.90 Å². The van der Waals surface area contributed by atoms with Crippen LogP contribution in [-0.2, 0) is 4.79 Å². The molecule has 0 radical (unpaired) electrons. The molecule has 0 amide bonds. The van der Waals surface area contributed by atoms with Crippen LogP contribution in [0.2, 0.25) is 0 Å². The van der Waals surface area contributed by atoms with Gasteiger partial charge in [-0.2, -0.15) is 0 Å². The van der Waals surface area contributed by atoms with Gasteiger partial charge < -0.3 is 5.11 Å².